The molecular formula is C12H20N4O. The van der Waals surface area contributed by atoms with Crippen LogP contribution in [0.3, 0.4) is 0 Å². The standard InChI is InChI=1S/C12H20N4O/c13-9-12(4-1-2-5-12)15-11(17)8-16-6-3-10(14)7-16/h10H,1-8,14H2,(H,15,17). The molecule has 0 aromatic heterocycles. The van der Waals surface area contributed by atoms with E-state index in [-0.39, 0.29) is 11.9 Å². The van der Waals surface area contributed by atoms with Crippen LogP contribution >= 0.6 is 0 Å². The minimum atomic E-state index is -0.598. The summed E-state index contributed by atoms with van der Waals surface area (Å²) in [6.07, 6.45) is 4.59. The second-order valence-corrected chi connectivity index (χ2v) is 5.23. The van der Waals surface area contributed by atoms with Crippen molar-refractivity contribution in [2.75, 3.05) is 19.6 Å². The van der Waals surface area contributed by atoms with Crippen LogP contribution in [0, 0.1) is 11.3 Å². The van der Waals surface area contributed by atoms with Crippen LogP contribution in [-0.2, 0) is 4.79 Å². The number of carbonyl (C=O) groups is 1. The lowest BCUT2D eigenvalue weighted by Gasteiger charge is -2.24. The van der Waals surface area contributed by atoms with E-state index in [9.17, 15) is 10.1 Å². The number of carbonyl (C=O) groups excluding carboxylic acids is 1. The number of nitrogens with zero attached hydrogens (tertiary/aromatic N) is 2. The van der Waals surface area contributed by atoms with E-state index in [0.717, 1.165) is 45.2 Å². The van der Waals surface area contributed by atoms with Crippen molar-refractivity contribution < 1.29 is 4.79 Å². The van der Waals surface area contributed by atoms with Crippen molar-refractivity contribution in [1.29, 1.82) is 5.26 Å². The highest BCUT2D eigenvalue weighted by Crippen LogP contribution is 2.28. The van der Waals surface area contributed by atoms with Crippen LogP contribution in [0.15, 0.2) is 0 Å². The quantitative estimate of drug-likeness (QED) is 0.721. The van der Waals surface area contributed by atoms with Crippen molar-refractivity contribution in [2.24, 2.45) is 5.73 Å². The molecule has 1 aliphatic heterocycles. The fraction of sp³-hybridized carbons (Fsp3) is 0.833. The molecule has 0 spiro atoms. The number of hydrogen-bond donors (Lipinski definition) is 2. The highest BCUT2D eigenvalue weighted by Gasteiger charge is 2.35. The zero-order valence-corrected chi connectivity index (χ0v) is 10.1. The van der Waals surface area contributed by atoms with E-state index in [4.69, 9.17) is 5.73 Å². The number of nitrogens with two attached hydrogens (primary N) is 1. The first-order chi connectivity index (χ1) is 8.13. The summed E-state index contributed by atoms with van der Waals surface area (Å²) in [5, 5.41) is 12.1. The van der Waals surface area contributed by atoms with E-state index in [1.807, 2.05) is 0 Å². The van der Waals surface area contributed by atoms with Gasteiger partial charge in [-0.25, -0.2) is 0 Å². The second-order valence-electron chi connectivity index (χ2n) is 5.23. The van der Waals surface area contributed by atoms with E-state index >= 15 is 0 Å². The van der Waals surface area contributed by atoms with Gasteiger partial charge in [0.15, 0.2) is 0 Å². The summed E-state index contributed by atoms with van der Waals surface area (Å²) in [7, 11) is 0. The molecule has 0 bridgehead atoms. The Balaban J connectivity index is 1.83. The van der Waals surface area contributed by atoms with Crippen LogP contribution in [0.25, 0.3) is 0 Å². The first-order valence-electron chi connectivity index (χ1n) is 6.34. The average molecular weight is 236 g/mol. The van der Waals surface area contributed by atoms with Crippen LogP contribution in [0.5, 0.6) is 0 Å². The minimum Gasteiger partial charge on any atom is -0.337 e. The Morgan fingerprint density at radius 3 is 2.76 bits per heavy atom. The molecule has 17 heavy (non-hydrogen) atoms. The molecule has 3 N–H and O–H groups in total. The molecule has 1 heterocycles. The molecule has 1 saturated heterocycles. The van der Waals surface area contributed by atoms with Crippen molar-refractivity contribution >= 4 is 5.91 Å². The molecular weight excluding hydrogens is 216 g/mol. The van der Waals surface area contributed by atoms with Crippen LogP contribution < -0.4 is 11.1 Å². The topological polar surface area (TPSA) is 82.2 Å². The molecule has 0 aromatic carbocycles. The fourth-order valence-electron chi connectivity index (χ4n) is 2.76. The van der Waals surface area contributed by atoms with E-state index < -0.39 is 5.54 Å². The maximum absolute atomic E-state index is 11.9. The minimum absolute atomic E-state index is 0.0393. The molecule has 1 saturated carbocycles. The van der Waals surface area contributed by atoms with E-state index in [1.165, 1.54) is 0 Å². The lowest BCUT2D eigenvalue weighted by molar-refractivity contribution is -0.123. The van der Waals surface area contributed by atoms with E-state index in [1.54, 1.807) is 0 Å². The van der Waals surface area contributed by atoms with Gasteiger partial charge >= 0.3 is 0 Å². The molecule has 0 aromatic rings. The second kappa shape index (κ2) is 5.03. The average Bonchev–Trinajstić information content (AvgIpc) is 2.89. The molecule has 5 nitrogen and oxygen atoms in total. The van der Waals surface area contributed by atoms with Gasteiger partial charge in [0.05, 0.1) is 12.6 Å². The van der Waals surface area contributed by atoms with Crippen molar-refractivity contribution in [3.8, 4) is 6.07 Å². The van der Waals surface area contributed by atoms with E-state index in [0.29, 0.717) is 6.54 Å². The Labute approximate surface area is 102 Å². The smallest absolute Gasteiger partial charge is 0.235 e. The molecule has 1 unspecified atom stereocenters. The van der Waals surface area contributed by atoms with Gasteiger partial charge in [-0.15, -0.1) is 0 Å². The fourth-order valence-corrected chi connectivity index (χ4v) is 2.76. The number of likely N-dealkylation sites (tertiary alicyclic amines) is 1. The van der Waals surface area contributed by atoms with Gasteiger partial charge in [-0.2, -0.15) is 5.26 Å². The van der Waals surface area contributed by atoms with Crippen LogP contribution in [0.1, 0.15) is 32.1 Å². The molecule has 2 aliphatic rings. The van der Waals surface area contributed by atoms with Crippen molar-refractivity contribution in [3.63, 3.8) is 0 Å². The zero-order valence-electron chi connectivity index (χ0n) is 10.1. The highest BCUT2D eigenvalue weighted by molar-refractivity contribution is 5.79. The number of rotatable bonds is 3. The summed E-state index contributed by atoms with van der Waals surface area (Å²) in [6, 6.07) is 2.46. The molecule has 5 heteroatoms. The predicted molar refractivity (Wildman–Crippen MR) is 64.0 cm³/mol. The summed E-state index contributed by atoms with van der Waals surface area (Å²) >= 11 is 0. The molecule has 2 fully saturated rings. The Bertz CT molecular complexity index is 330. The molecule has 1 amide bonds. The van der Waals surface area contributed by atoms with Gasteiger partial charge in [0, 0.05) is 19.1 Å². The predicted octanol–water partition coefficient (Wildman–Crippen LogP) is -0.0280. The van der Waals surface area contributed by atoms with Gasteiger partial charge in [-0.3, -0.25) is 9.69 Å². The summed E-state index contributed by atoms with van der Waals surface area (Å²) in [5.74, 6) is -0.0393. The molecule has 0 radical (unpaired) electrons. The van der Waals surface area contributed by atoms with Gasteiger partial charge in [0.1, 0.15) is 5.54 Å². The van der Waals surface area contributed by atoms with Crippen LogP contribution in [0.4, 0.5) is 0 Å². The van der Waals surface area contributed by atoms with Gasteiger partial charge in [0.25, 0.3) is 0 Å². The van der Waals surface area contributed by atoms with Gasteiger partial charge in [0.2, 0.25) is 5.91 Å². The van der Waals surface area contributed by atoms with Crippen LogP contribution in [-0.4, -0.2) is 42.0 Å². The highest BCUT2D eigenvalue weighted by atomic mass is 16.2. The summed E-state index contributed by atoms with van der Waals surface area (Å²) in [6.45, 7) is 2.04. The first-order valence-corrected chi connectivity index (χ1v) is 6.34. The SMILES string of the molecule is N#CC1(NC(=O)CN2CCC(N)C2)CCCC1. The lowest BCUT2D eigenvalue weighted by atomic mass is 10.00. The monoisotopic (exact) mass is 236 g/mol. The zero-order chi connectivity index (χ0) is 12.3. The lowest BCUT2D eigenvalue weighted by Crippen LogP contribution is -2.48. The third kappa shape index (κ3) is 2.96. The third-order valence-electron chi connectivity index (χ3n) is 3.73. The van der Waals surface area contributed by atoms with Gasteiger partial charge in [-0.1, -0.05) is 0 Å². The summed E-state index contributed by atoms with van der Waals surface area (Å²) in [5.41, 5.74) is 5.19. The Morgan fingerprint density at radius 2 is 2.24 bits per heavy atom. The van der Waals surface area contributed by atoms with Gasteiger partial charge in [-0.05, 0) is 32.1 Å². The number of amides is 1. The molecule has 94 valence electrons. The molecule has 1 atom stereocenters. The number of nitriles is 1. The number of hydrogen-bond acceptors (Lipinski definition) is 4. The van der Waals surface area contributed by atoms with Crippen LogP contribution in [0.2, 0.25) is 0 Å². The Hall–Kier alpha value is -1.12. The summed E-state index contributed by atoms with van der Waals surface area (Å²) in [4.78, 5) is 13.9. The largest absolute Gasteiger partial charge is 0.337 e. The maximum Gasteiger partial charge on any atom is 0.235 e. The maximum atomic E-state index is 11.9. The van der Waals surface area contributed by atoms with Crippen molar-refractivity contribution in [2.45, 2.75) is 43.7 Å². The Kier molecular flexibility index (Phi) is 3.65. The third-order valence-corrected chi connectivity index (χ3v) is 3.73. The van der Waals surface area contributed by atoms with Gasteiger partial charge < -0.3 is 11.1 Å². The molecule has 2 rings (SSSR count). The summed E-state index contributed by atoms with van der Waals surface area (Å²) < 4.78 is 0. The first kappa shape index (κ1) is 12.3. The Morgan fingerprint density at radius 1 is 1.53 bits per heavy atom. The van der Waals surface area contributed by atoms with Crippen molar-refractivity contribution in [3.05, 3.63) is 0 Å². The number of nitrogens with one attached hydrogen (secondary N) is 1. The normalized spacial score (nSPS) is 27.9. The van der Waals surface area contributed by atoms with E-state index in [2.05, 4.69) is 16.3 Å². The molecule has 1 aliphatic carbocycles. The van der Waals surface area contributed by atoms with Crippen molar-refractivity contribution in [1.82, 2.24) is 10.2 Å².